The normalized spacial score (nSPS) is 24.0. The fourth-order valence-corrected chi connectivity index (χ4v) is 3.96. The molecule has 1 aromatic rings. The number of carbonyl (C=O) groups excluding carboxylic acids is 1. The molecule has 114 valence electrons. The first-order valence-electron chi connectivity index (χ1n) is 7.38. The first-order chi connectivity index (χ1) is 9.94. The van der Waals surface area contributed by atoms with Crippen molar-refractivity contribution in [3.05, 3.63) is 23.8 Å². The SMILES string of the molecule is CCNS(=O)(=O)c1ccc2c(c1)N(C(=O)[C@H]1C[C@@H]1C)CC2. The smallest absolute Gasteiger partial charge is 0.240 e. The molecule has 5 nitrogen and oxygen atoms in total. The number of amides is 1. The molecule has 2 aliphatic rings. The van der Waals surface area contributed by atoms with Crippen LogP contribution in [0, 0.1) is 11.8 Å². The van der Waals surface area contributed by atoms with Crippen molar-refractivity contribution >= 4 is 21.6 Å². The molecule has 0 unspecified atom stereocenters. The van der Waals surface area contributed by atoms with Gasteiger partial charge in [0, 0.05) is 24.7 Å². The molecule has 0 saturated heterocycles. The van der Waals surface area contributed by atoms with E-state index < -0.39 is 10.0 Å². The van der Waals surface area contributed by atoms with Crippen LogP contribution in [0.1, 0.15) is 25.8 Å². The molecule has 6 heteroatoms. The first-order valence-corrected chi connectivity index (χ1v) is 8.86. The van der Waals surface area contributed by atoms with Crippen LogP contribution in [0.5, 0.6) is 0 Å². The van der Waals surface area contributed by atoms with Gasteiger partial charge < -0.3 is 4.90 Å². The minimum Gasteiger partial charge on any atom is -0.312 e. The molecule has 0 radical (unpaired) electrons. The van der Waals surface area contributed by atoms with Crippen LogP contribution in [0.25, 0.3) is 0 Å². The van der Waals surface area contributed by atoms with E-state index in [2.05, 4.69) is 11.6 Å². The van der Waals surface area contributed by atoms with Crippen molar-refractivity contribution in [2.75, 3.05) is 18.0 Å². The molecule has 1 heterocycles. The van der Waals surface area contributed by atoms with Gasteiger partial charge in [0.15, 0.2) is 0 Å². The molecule has 0 bridgehead atoms. The number of nitrogens with zero attached hydrogens (tertiary/aromatic N) is 1. The molecular weight excluding hydrogens is 288 g/mol. The molecule has 1 aliphatic carbocycles. The van der Waals surface area contributed by atoms with Crippen LogP contribution in [0.3, 0.4) is 0 Å². The maximum atomic E-state index is 12.4. The van der Waals surface area contributed by atoms with Crippen LogP contribution in [0.2, 0.25) is 0 Å². The average Bonchev–Trinajstić information content (AvgIpc) is 3.01. The molecule has 1 N–H and O–H groups in total. The minimum atomic E-state index is -3.48. The number of anilines is 1. The van der Waals surface area contributed by atoms with Crippen molar-refractivity contribution < 1.29 is 13.2 Å². The summed E-state index contributed by atoms with van der Waals surface area (Å²) < 4.78 is 26.7. The number of nitrogens with one attached hydrogen (secondary N) is 1. The highest BCUT2D eigenvalue weighted by atomic mass is 32.2. The predicted molar refractivity (Wildman–Crippen MR) is 80.6 cm³/mol. The first kappa shape index (κ1) is 14.5. The second-order valence-electron chi connectivity index (χ2n) is 5.85. The summed E-state index contributed by atoms with van der Waals surface area (Å²) in [6.45, 7) is 4.82. The number of benzene rings is 1. The molecule has 2 atom stereocenters. The molecule has 21 heavy (non-hydrogen) atoms. The second kappa shape index (κ2) is 5.10. The van der Waals surface area contributed by atoms with Crippen LogP contribution in [-0.2, 0) is 21.2 Å². The van der Waals surface area contributed by atoms with Crippen molar-refractivity contribution in [1.29, 1.82) is 0 Å². The number of hydrogen-bond donors (Lipinski definition) is 1. The van der Waals surface area contributed by atoms with E-state index in [-0.39, 0.29) is 16.7 Å². The quantitative estimate of drug-likeness (QED) is 0.917. The number of fused-ring (bicyclic) bond motifs is 1. The number of carbonyl (C=O) groups is 1. The maximum Gasteiger partial charge on any atom is 0.240 e. The lowest BCUT2D eigenvalue weighted by molar-refractivity contribution is -0.119. The third kappa shape index (κ3) is 2.58. The molecule has 1 amide bonds. The van der Waals surface area contributed by atoms with Crippen LogP contribution >= 0.6 is 0 Å². The Balaban J connectivity index is 1.92. The Morgan fingerprint density at radius 2 is 2.14 bits per heavy atom. The van der Waals surface area contributed by atoms with Crippen molar-refractivity contribution in [3.63, 3.8) is 0 Å². The molecule has 3 rings (SSSR count). The summed E-state index contributed by atoms with van der Waals surface area (Å²) in [5, 5.41) is 0. The van der Waals surface area contributed by atoms with Gasteiger partial charge in [-0.3, -0.25) is 4.79 Å². The maximum absolute atomic E-state index is 12.4. The Morgan fingerprint density at radius 3 is 2.76 bits per heavy atom. The third-order valence-electron chi connectivity index (χ3n) is 4.29. The molecular formula is C15H20N2O3S. The summed E-state index contributed by atoms with van der Waals surface area (Å²) in [5.41, 5.74) is 1.81. The summed E-state index contributed by atoms with van der Waals surface area (Å²) in [6, 6.07) is 5.07. The predicted octanol–water partition coefficient (Wildman–Crippen LogP) is 1.53. The largest absolute Gasteiger partial charge is 0.312 e. The Labute approximate surface area is 125 Å². The Morgan fingerprint density at radius 1 is 1.43 bits per heavy atom. The molecule has 1 aliphatic heterocycles. The summed E-state index contributed by atoms with van der Waals surface area (Å²) in [7, 11) is -3.48. The van der Waals surface area contributed by atoms with Gasteiger partial charge in [-0.2, -0.15) is 0 Å². The van der Waals surface area contributed by atoms with Crippen molar-refractivity contribution in [3.8, 4) is 0 Å². The number of sulfonamides is 1. The van der Waals surface area contributed by atoms with Crippen molar-refractivity contribution in [2.24, 2.45) is 11.8 Å². The Bertz CT molecular complexity index is 684. The van der Waals surface area contributed by atoms with Crippen LogP contribution in [0.15, 0.2) is 23.1 Å². The van der Waals surface area contributed by atoms with Crippen molar-refractivity contribution in [2.45, 2.75) is 31.6 Å². The third-order valence-corrected chi connectivity index (χ3v) is 5.83. The fraction of sp³-hybridized carbons (Fsp3) is 0.533. The highest BCUT2D eigenvalue weighted by molar-refractivity contribution is 7.89. The van der Waals surface area contributed by atoms with Crippen LogP contribution < -0.4 is 9.62 Å². The Hall–Kier alpha value is -1.40. The summed E-state index contributed by atoms with van der Waals surface area (Å²) >= 11 is 0. The van der Waals surface area contributed by atoms with E-state index in [1.807, 2.05) is 6.07 Å². The van der Waals surface area contributed by atoms with E-state index in [9.17, 15) is 13.2 Å². The summed E-state index contributed by atoms with van der Waals surface area (Å²) in [6.07, 6.45) is 1.74. The van der Waals surface area contributed by atoms with E-state index in [0.29, 0.717) is 19.0 Å². The van der Waals surface area contributed by atoms with E-state index >= 15 is 0 Å². The highest BCUT2D eigenvalue weighted by Gasteiger charge is 2.43. The summed E-state index contributed by atoms with van der Waals surface area (Å²) in [5.74, 6) is 0.708. The molecule has 1 aromatic carbocycles. The van der Waals surface area contributed by atoms with E-state index in [1.54, 1.807) is 24.0 Å². The zero-order valence-electron chi connectivity index (χ0n) is 12.3. The number of hydrogen-bond acceptors (Lipinski definition) is 3. The second-order valence-corrected chi connectivity index (χ2v) is 7.62. The zero-order valence-corrected chi connectivity index (χ0v) is 13.1. The van der Waals surface area contributed by atoms with Gasteiger partial charge in [0.25, 0.3) is 0 Å². The molecule has 1 saturated carbocycles. The highest BCUT2D eigenvalue weighted by Crippen LogP contribution is 2.42. The van der Waals surface area contributed by atoms with Gasteiger partial charge >= 0.3 is 0 Å². The van der Waals surface area contributed by atoms with Crippen molar-refractivity contribution in [1.82, 2.24) is 4.72 Å². The molecule has 0 aromatic heterocycles. The van der Waals surface area contributed by atoms with Gasteiger partial charge in [0.05, 0.1) is 4.90 Å². The fourth-order valence-electron chi connectivity index (χ4n) is 2.89. The van der Waals surface area contributed by atoms with E-state index in [0.717, 1.165) is 24.1 Å². The zero-order chi connectivity index (χ0) is 15.2. The molecule has 0 spiro atoms. The number of rotatable bonds is 4. The van der Waals surface area contributed by atoms with E-state index in [4.69, 9.17) is 0 Å². The monoisotopic (exact) mass is 308 g/mol. The van der Waals surface area contributed by atoms with Gasteiger partial charge in [-0.25, -0.2) is 13.1 Å². The van der Waals surface area contributed by atoms with Crippen LogP contribution in [0.4, 0.5) is 5.69 Å². The lowest BCUT2D eigenvalue weighted by Gasteiger charge is -2.18. The lowest BCUT2D eigenvalue weighted by atomic mass is 10.2. The van der Waals surface area contributed by atoms with Gasteiger partial charge in [0.2, 0.25) is 15.9 Å². The summed E-state index contributed by atoms with van der Waals surface area (Å²) in [4.78, 5) is 14.4. The minimum absolute atomic E-state index is 0.116. The van der Waals surface area contributed by atoms with Crippen LogP contribution in [-0.4, -0.2) is 27.4 Å². The Kier molecular flexibility index (Phi) is 3.53. The van der Waals surface area contributed by atoms with E-state index in [1.165, 1.54) is 0 Å². The van der Waals surface area contributed by atoms with Gasteiger partial charge in [-0.15, -0.1) is 0 Å². The van der Waals surface area contributed by atoms with Gasteiger partial charge in [-0.05, 0) is 36.5 Å². The topological polar surface area (TPSA) is 66.5 Å². The standard InChI is InChI=1S/C15H20N2O3S/c1-3-16-21(19,20)12-5-4-11-6-7-17(14(11)9-12)15(18)13-8-10(13)2/h4-5,9-10,13,16H,3,6-8H2,1-2H3/t10-,13-/m0/s1. The average molecular weight is 308 g/mol. The lowest BCUT2D eigenvalue weighted by Crippen LogP contribution is -2.31. The van der Waals surface area contributed by atoms with Gasteiger partial charge in [0.1, 0.15) is 0 Å². The van der Waals surface area contributed by atoms with Gasteiger partial charge in [-0.1, -0.05) is 19.9 Å². The molecule has 1 fully saturated rings.